The summed E-state index contributed by atoms with van der Waals surface area (Å²) in [5.74, 6) is 0.914. The minimum absolute atomic E-state index is 0.00226. The summed E-state index contributed by atoms with van der Waals surface area (Å²) >= 11 is 1.38. The van der Waals surface area contributed by atoms with E-state index in [0.29, 0.717) is 26.2 Å². The second-order valence-corrected chi connectivity index (χ2v) is 11.7. The summed E-state index contributed by atoms with van der Waals surface area (Å²) in [5, 5.41) is 0.840. The van der Waals surface area contributed by atoms with E-state index >= 15 is 0 Å². The molecule has 0 amide bonds. The highest BCUT2D eigenvalue weighted by atomic mass is 32.2. The van der Waals surface area contributed by atoms with Gasteiger partial charge in [-0.3, -0.25) is 0 Å². The molecule has 34 heavy (non-hydrogen) atoms. The maximum absolute atomic E-state index is 12.2. The molecule has 1 aliphatic rings. The molecule has 1 saturated heterocycles. The molecule has 0 spiro atoms. The zero-order valence-corrected chi connectivity index (χ0v) is 21.5. The van der Waals surface area contributed by atoms with Gasteiger partial charge in [-0.15, -0.1) is 0 Å². The summed E-state index contributed by atoms with van der Waals surface area (Å²) in [5.41, 5.74) is 10.1. The van der Waals surface area contributed by atoms with Crippen molar-refractivity contribution in [1.29, 1.82) is 0 Å². The van der Waals surface area contributed by atoms with Gasteiger partial charge in [0.05, 0.1) is 5.75 Å². The molecule has 0 bridgehead atoms. The summed E-state index contributed by atoms with van der Waals surface area (Å²) in [6.45, 7) is 3.87. The standard InChI is InChI=1S/C24H32N6O2S2/c1-4-34(31,32)30-15-13-29(14-16-30)24-26-23(27-33-24)22(19-7-9-20(25)10-8-19)17-18-5-11-21(12-6-18)28(2)3/h5-12,22H,4,13-17,25H2,1-3H3. The number of hydrogen-bond acceptors (Lipinski definition) is 8. The summed E-state index contributed by atoms with van der Waals surface area (Å²) in [6.07, 6.45) is 0.774. The number of anilines is 3. The second-order valence-electron chi connectivity index (χ2n) is 8.71. The Morgan fingerprint density at radius 2 is 1.68 bits per heavy atom. The number of benzene rings is 2. The van der Waals surface area contributed by atoms with Gasteiger partial charge in [-0.1, -0.05) is 24.3 Å². The molecule has 2 heterocycles. The van der Waals surface area contributed by atoms with E-state index in [9.17, 15) is 8.42 Å². The molecule has 3 aromatic rings. The van der Waals surface area contributed by atoms with Crippen LogP contribution in [0.15, 0.2) is 48.5 Å². The van der Waals surface area contributed by atoms with E-state index < -0.39 is 10.0 Å². The molecular formula is C24H32N6O2S2. The molecule has 1 fully saturated rings. The average Bonchev–Trinajstić information content (AvgIpc) is 3.33. The highest BCUT2D eigenvalue weighted by Gasteiger charge is 2.28. The van der Waals surface area contributed by atoms with Crippen LogP contribution in [0, 0.1) is 0 Å². The number of aromatic nitrogens is 2. The second kappa shape index (κ2) is 10.3. The Bertz CT molecular complexity index is 1180. The van der Waals surface area contributed by atoms with Gasteiger partial charge in [-0.2, -0.15) is 8.68 Å². The minimum atomic E-state index is -3.16. The summed E-state index contributed by atoms with van der Waals surface area (Å²) < 4.78 is 30.7. The molecule has 1 atom stereocenters. The zero-order chi connectivity index (χ0) is 24.3. The number of sulfonamides is 1. The zero-order valence-electron chi connectivity index (χ0n) is 19.9. The molecule has 1 aromatic heterocycles. The van der Waals surface area contributed by atoms with E-state index in [4.69, 9.17) is 15.1 Å². The lowest BCUT2D eigenvalue weighted by atomic mass is 9.91. The topological polar surface area (TPSA) is 95.7 Å². The number of nitrogen functional groups attached to an aromatic ring is 1. The van der Waals surface area contributed by atoms with Gasteiger partial charge >= 0.3 is 0 Å². The monoisotopic (exact) mass is 500 g/mol. The average molecular weight is 501 g/mol. The van der Waals surface area contributed by atoms with Crippen LogP contribution in [-0.2, 0) is 16.4 Å². The van der Waals surface area contributed by atoms with Crippen LogP contribution in [-0.4, -0.2) is 68.1 Å². The van der Waals surface area contributed by atoms with Gasteiger partial charge in [-0.25, -0.2) is 13.4 Å². The van der Waals surface area contributed by atoms with E-state index in [2.05, 4.69) is 34.1 Å². The van der Waals surface area contributed by atoms with Crippen LogP contribution in [0.3, 0.4) is 0 Å². The van der Waals surface area contributed by atoms with Crippen molar-refractivity contribution in [3.63, 3.8) is 0 Å². The van der Waals surface area contributed by atoms with Crippen molar-refractivity contribution in [3.8, 4) is 0 Å². The molecule has 4 rings (SSSR count). The Balaban J connectivity index is 1.55. The summed E-state index contributed by atoms with van der Waals surface area (Å²) in [4.78, 5) is 9.13. The predicted molar refractivity (Wildman–Crippen MR) is 140 cm³/mol. The Hall–Kier alpha value is -2.69. The molecule has 0 radical (unpaired) electrons. The van der Waals surface area contributed by atoms with Crippen LogP contribution in [0.25, 0.3) is 0 Å². The molecule has 8 nitrogen and oxygen atoms in total. The molecule has 1 aliphatic heterocycles. The third kappa shape index (κ3) is 5.51. The lowest BCUT2D eigenvalue weighted by molar-refractivity contribution is 0.385. The van der Waals surface area contributed by atoms with Crippen LogP contribution >= 0.6 is 11.5 Å². The first-order chi connectivity index (χ1) is 16.3. The minimum Gasteiger partial charge on any atom is -0.399 e. The number of piperazine rings is 1. The van der Waals surface area contributed by atoms with Gasteiger partial charge in [0.2, 0.25) is 15.2 Å². The lowest BCUT2D eigenvalue weighted by Crippen LogP contribution is -2.49. The largest absolute Gasteiger partial charge is 0.399 e. The lowest BCUT2D eigenvalue weighted by Gasteiger charge is -2.33. The van der Waals surface area contributed by atoms with Crippen LogP contribution in [0.5, 0.6) is 0 Å². The number of nitrogens with two attached hydrogens (primary N) is 1. The van der Waals surface area contributed by atoms with Gasteiger partial charge in [-0.05, 0) is 48.7 Å². The molecule has 0 aliphatic carbocycles. The quantitative estimate of drug-likeness (QED) is 0.475. The smallest absolute Gasteiger partial charge is 0.213 e. The van der Waals surface area contributed by atoms with E-state index in [1.54, 1.807) is 11.2 Å². The maximum atomic E-state index is 12.2. The molecular weight excluding hydrogens is 468 g/mol. The molecule has 0 saturated carbocycles. The summed E-state index contributed by atoms with van der Waals surface area (Å²) in [7, 11) is 0.907. The number of hydrogen-bond donors (Lipinski definition) is 1. The Morgan fingerprint density at radius 3 is 2.26 bits per heavy atom. The van der Waals surface area contributed by atoms with Crippen molar-refractivity contribution < 1.29 is 8.42 Å². The molecule has 10 heteroatoms. The Labute approximate surface area is 206 Å². The van der Waals surface area contributed by atoms with E-state index in [1.165, 1.54) is 17.1 Å². The van der Waals surface area contributed by atoms with Gasteiger partial charge in [0.25, 0.3) is 0 Å². The van der Waals surface area contributed by atoms with E-state index in [1.807, 2.05) is 38.4 Å². The van der Waals surface area contributed by atoms with Crippen LogP contribution < -0.4 is 15.5 Å². The van der Waals surface area contributed by atoms with Gasteiger partial charge < -0.3 is 15.5 Å². The first kappa shape index (κ1) is 24.4. The summed E-state index contributed by atoms with van der Waals surface area (Å²) in [6, 6.07) is 16.5. The van der Waals surface area contributed by atoms with Crippen molar-refractivity contribution in [3.05, 3.63) is 65.5 Å². The fraction of sp³-hybridized carbons (Fsp3) is 0.417. The van der Waals surface area contributed by atoms with Crippen LogP contribution in [0.1, 0.15) is 29.8 Å². The van der Waals surface area contributed by atoms with Gasteiger partial charge in [0.1, 0.15) is 0 Å². The highest BCUT2D eigenvalue weighted by molar-refractivity contribution is 7.89. The van der Waals surface area contributed by atoms with Crippen LogP contribution in [0.2, 0.25) is 0 Å². The number of rotatable bonds is 8. The number of nitrogens with zero attached hydrogens (tertiary/aromatic N) is 5. The fourth-order valence-electron chi connectivity index (χ4n) is 4.09. The molecule has 182 valence electrons. The van der Waals surface area contributed by atoms with Crippen molar-refractivity contribution in [2.45, 2.75) is 19.3 Å². The Kier molecular flexibility index (Phi) is 7.39. The Morgan fingerprint density at radius 1 is 1.03 bits per heavy atom. The fourth-order valence-corrected chi connectivity index (χ4v) is 5.95. The third-order valence-electron chi connectivity index (χ3n) is 6.24. The first-order valence-corrected chi connectivity index (χ1v) is 13.8. The van der Waals surface area contributed by atoms with Crippen molar-refractivity contribution in [2.24, 2.45) is 0 Å². The first-order valence-electron chi connectivity index (χ1n) is 11.4. The van der Waals surface area contributed by atoms with Gasteiger partial charge in [0.15, 0.2) is 5.82 Å². The predicted octanol–water partition coefficient (Wildman–Crippen LogP) is 3.03. The van der Waals surface area contributed by atoms with Crippen molar-refractivity contribution >= 4 is 38.1 Å². The molecule has 1 unspecified atom stereocenters. The van der Waals surface area contributed by atoms with E-state index in [-0.39, 0.29) is 11.7 Å². The SMILES string of the molecule is CCS(=O)(=O)N1CCN(c2nc(C(Cc3ccc(N(C)C)cc3)c3ccc(N)cc3)ns2)CC1. The third-order valence-corrected chi connectivity index (χ3v) is 8.91. The molecule has 2 aromatic carbocycles. The van der Waals surface area contributed by atoms with Crippen molar-refractivity contribution in [1.82, 2.24) is 13.7 Å². The molecule has 2 N–H and O–H groups in total. The van der Waals surface area contributed by atoms with E-state index in [0.717, 1.165) is 34.3 Å². The normalized spacial score (nSPS) is 15.9. The van der Waals surface area contributed by atoms with Crippen LogP contribution in [0.4, 0.5) is 16.5 Å². The van der Waals surface area contributed by atoms with Crippen molar-refractivity contribution in [2.75, 3.05) is 61.6 Å². The maximum Gasteiger partial charge on any atom is 0.213 e. The highest BCUT2D eigenvalue weighted by Crippen LogP contribution is 2.31. The van der Waals surface area contributed by atoms with Gasteiger partial charge in [0, 0.05) is 69.1 Å².